The summed E-state index contributed by atoms with van der Waals surface area (Å²) in [5.74, 6) is -3.28. The van der Waals surface area contributed by atoms with Gasteiger partial charge in [-0.1, -0.05) is 6.08 Å². The van der Waals surface area contributed by atoms with E-state index in [1.54, 1.807) is 6.92 Å². The monoisotopic (exact) mass is 263 g/mol. The average molecular weight is 263 g/mol. The van der Waals surface area contributed by atoms with Crippen molar-refractivity contribution < 1.29 is 23.9 Å². The van der Waals surface area contributed by atoms with Crippen molar-refractivity contribution in [2.24, 2.45) is 0 Å². The number of rotatable bonds is 3. The van der Waals surface area contributed by atoms with Crippen molar-refractivity contribution in [3.05, 3.63) is 41.2 Å². The summed E-state index contributed by atoms with van der Waals surface area (Å²) in [5.41, 5.74) is 0.815. The summed E-state index contributed by atoms with van der Waals surface area (Å²) in [5, 5.41) is 8.48. The van der Waals surface area contributed by atoms with Crippen LogP contribution in [-0.2, 0) is 9.59 Å². The average Bonchev–Trinajstić information content (AvgIpc) is 2.54. The number of carbonyl (C=O) groups excluding carboxylic acids is 2. The molecular formula is C13H10FNO4. The summed E-state index contributed by atoms with van der Waals surface area (Å²) < 4.78 is 13.2. The fourth-order valence-electron chi connectivity index (χ4n) is 2.04. The van der Waals surface area contributed by atoms with E-state index in [-0.39, 0.29) is 12.1 Å². The maximum atomic E-state index is 13.2. The smallest absolute Gasteiger partial charge is 0.328 e. The van der Waals surface area contributed by atoms with Gasteiger partial charge in [-0.2, -0.15) is 0 Å². The van der Waals surface area contributed by atoms with Gasteiger partial charge >= 0.3 is 5.97 Å². The quantitative estimate of drug-likeness (QED) is 0.659. The molecule has 1 amide bonds. The Bertz CT molecular complexity index is 621. The van der Waals surface area contributed by atoms with Crippen LogP contribution in [0.3, 0.4) is 0 Å². The molecule has 1 N–H and O–H groups in total. The predicted octanol–water partition coefficient (Wildman–Crippen LogP) is 1.30. The highest BCUT2D eigenvalue weighted by atomic mass is 19.1. The van der Waals surface area contributed by atoms with Gasteiger partial charge in [0.15, 0.2) is 0 Å². The second-order valence-corrected chi connectivity index (χ2v) is 4.10. The molecule has 0 saturated heterocycles. The molecule has 0 bridgehead atoms. The molecule has 0 fully saturated rings. The molecular weight excluding hydrogens is 253 g/mol. The summed E-state index contributed by atoms with van der Waals surface area (Å²) in [7, 11) is 0. The van der Waals surface area contributed by atoms with Crippen LogP contribution < -0.4 is 4.90 Å². The maximum absolute atomic E-state index is 13.2. The van der Waals surface area contributed by atoms with Gasteiger partial charge in [0.05, 0.1) is 11.3 Å². The Balaban J connectivity index is 2.41. The second-order valence-electron chi connectivity index (χ2n) is 4.10. The highest BCUT2D eigenvalue weighted by Crippen LogP contribution is 2.32. The van der Waals surface area contributed by atoms with Gasteiger partial charge in [-0.15, -0.1) is 0 Å². The molecule has 1 aliphatic heterocycles. The molecule has 1 heterocycles. The molecule has 98 valence electrons. The topological polar surface area (TPSA) is 74.7 Å². The van der Waals surface area contributed by atoms with E-state index in [0.29, 0.717) is 11.3 Å². The molecule has 0 aromatic heterocycles. The second kappa shape index (κ2) is 4.64. The molecule has 0 unspecified atom stereocenters. The summed E-state index contributed by atoms with van der Waals surface area (Å²) in [4.78, 5) is 35.0. The summed E-state index contributed by atoms with van der Waals surface area (Å²) in [6.45, 7) is 1.54. The minimum Gasteiger partial charge on any atom is -0.478 e. The van der Waals surface area contributed by atoms with Crippen molar-refractivity contribution in [1.82, 2.24) is 0 Å². The Morgan fingerprint density at radius 3 is 2.74 bits per heavy atom. The molecule has 1 aromatic carbocycles. The van der Waals surface area contributed by atoms with Crippen molar-refractivity contribution in [2.75, 3.05) is 11.4 Å². The van der Waals surface area contributed by atoms with Gasteiger partial charge in [-0.25, -0.2) is 9.18 Å². The predicted molar refractivity (Wildman–Crippen MR) is 64.6 cm³/mol. The van der Waals surface area contributed by atoms with Crippen LogP contribution in [-0.4, -0.2) is 29.3 Å². The van der Waals surface area contributed by atoms with Gasteiger partial charge in [0.25, 0.3) is 11.7 Å². The lowest BCUT2D eigenvalue weighted by atomic mass is 10.1. The van der Waals surface area contributed by atoms with Crippen LogP contribution in [0.25, 0.3) is 0 Å². The number of hydrogen-bond donors (Lipinski definition) is 1. The van der Waals surface area contributed by atoms with Gasteiger partial charge in [0, 0.05) is 12.6 Å². The normalized spacial score (nSPS) is 14.3. The molecule has 0 radical (unpaired) electrons. The summed E-state index contributed by atoms with van der Waals surface area (Å²) in [6, 6.07) is 2.24. The maximum Gasteiger partial charge on any atom is 0.328 e. The van der Waals surface area contributed by atoms with Crippen LogP contribution in [0.2, 0.25) is 0 Å². The Labute approximate surface area is 107 Å². The number of fused-ring (bicyclic) bond motifs is 1. The van der Waals surface area contributed by atoms with E-state index in [0.717, 1.165) is 17.0 Å². The van der Waals surface area contributed by atoms with E-state index in [2.05, 4.69) is 0 Å². The number of anilines is 1. The standard InChI is InChI=1S/C13H10FNO4/c1-7-5-8(14)6-9-11(7)15(13(19)12(9)18)4-2-3-10(16)17/h2-3,5-6H,4H2,1H3,(H,16,17)/b3-2+. The van der Waals surface area contributed by atoms with Crippen LogP contribution in [0, 0.1) is 12.7 Å². The largest absolute Gasteiger partial charge is 0.478 e. The number of amides is 1. The lowest BCUT2D eigenvalue weighted by molar-refractivity contribution is -0.131. The molecule has 0 saturated carbocycles. The van der Waals surface area contributed by atoms with Gasteiger partial charge in [0.2, 0.25) is 0 Å². The van der Waals surface area contributed by atoms with Crippen LogP contribution in [0.5, 0.6) is 0 Å². The van der Waals surface area contributed by atoms with E-state index >= 15 is 0 Å². The third-order valence-electron chi connectivity index (χ3n) is 2.77. The zero-order valence-electron chi connectivity index (χ0n) is 10.0. The van der Waals surface area contributed by atoms with Crippen LogP contribution in [0.15, 0.2) is 24.3 Å². The SMILES string of the molecule is Cc1cc(F)cc2c1N(C/C=C/C(=O)O)C(=O)C2=O. The Kier molecular flexibility index (Phi) is 3.16. The molecule has 0 spiro atoms. The van der Waals surface area contributed by atoms with Crippen LogP contribution in [0.4, 0.5) is 10.1 Å². The first-order valence-electron chi connectivity index (χ1n) is 5.47. The molecule has 0 atom stereocenters. The number of carboxylic acid groups (broad SMARTS) is 1. The lowest BCUT2D eigenvalue weighted by Gasteiger charge is -2.16. The fourth-order valence-corrected chi connectivity index (χ4v) is 2.04. The molecule has 19 heavy (non-hydrogen) atoms. The summed E-state index contributed by atoms with van der Waals surface area (Å²) in [6.07, 6.45) is 2.14. The van der Waals surface area contributed by atoms with Crippen molar-refractivity contribution in [1.29, 1.82) is 0 Å². The minimum absolute atomic E-state index is 0.0197. The molecule has 6 heteroatoms. The number of hydrogen-bond acceptors (Lipinski definition) is 3. The van der Waals surface area contributed by atoms with Crippen LogP contribution >= 0.6 is 0 Å². The first-order valence-corrected chi connectivity index (χ1v) is 5.47. The van der Waals surface area contributed by atoms with Gasteiger partial charge < -0.3 is 10.0 Å². The van der Waals surface area contributed by atoms with E-state index in [9.17, 15) is 18.8 Å². The number of benzene rings is 1. The molecule has 1 aliphatic rings. The molecule has 2 rings (SSSR count). The van der Waals surface area contributed by atoms with E-state index < -0.39 is 23.5 Å². The van der Waals surface area contributed by atoms with Crippen LogP contribution in [0.1, 0.15) is 15.9 Å². The number of aryl methyl sites for hydroxylation is 1. The van der Waals surface area contributed by atoms with Crippen molar-refractivity contribution in [3.8, 4) is 0 Å². The number of Topliss-reactive ketones (excluding diaryl/α,β-unsaturated/α-hetero) is 1. The van der Waals surface area contributed by atoms with Crippen molar-refractivity contribution >= 4 is 23.3 Å². The fraction of sp³-hybridized carbons (Fsp3) is 0.154. The van der Waals surface area contributed by atoms with E-state index in [1.165, 1.54) is 12.1 Å². The third-order valence-corrected chi connectivity index (χ3v) is 2.77. The first kappa shape index (κ1) is 12.9. The number of aliphatic carboxylic acids is 1. The Hall–Kier alpha value is -2.50. The highest BCUT2D eigenvalue weighted by Gasteiger charge is 2.36. The van der Waals surface area contributed by atoms with Gasteiger partial charge in [0.1, 0.15) is 5.82 Å². The minimum atomic E-state index is -1.14. The van der Waals surface area contributed by atoms with Gasteiger partial charge in [-0.05, 0) is 24.6 Å². The third kappa shape index (κ3) is 2.24. The number of carbonyl (C=O) groups is 3. The molecule has 1 aromatic rings. The number of nitrogens with zero attached hydrogens (tertiary/aromatic N) is 1. The molecule has 5 nitrogen and oxygen atoms in total. The van der Waals surface area contributed by atoms with Gasteiger partial charge in [-0.3, -0.25) is 9.59 Å². The number of ketones is 1. The zero-order valence-corrected chi connectivity index (χ0v) is 10.0. The zero-order chi connectivity index (χ0) is 14.2. The Morgan fingerprint density at radius 1 is 1.42 bits per heavy atom. The lowest BCUT2D eigenvalue weighted by Crippen LogP contribution is -2.30. The Morgan fingerprint density at radius 2 is 2.11 bits per heavy atom. The van der Waals surface area contributed by atoms with E-state index in [4.69, 9.17) is 5.11 Å². The van der Waals surface area contributed by atoms with Crippen molar-refractivity contribution in [2.45, 2.75) is 6.92 Å². The molecule has 0 aliphatic carbocycles. The van der Waals surface area contributed by atoms with Crippen molar-refractivity contribution in [3.63, 3.8) is 0 Å². The number of carboxylic acids is 1. The summed E-state index contributed by atoms with van der Waals surface area (Å²) >= 11 is 0. The number of halogens is 1. The van der Waals surface area contributed by atoms with E-state index in [1.807, 2.05) is 0 Å². The first-order chi connectivity index (χ1) is 8.91. The highest BCUT2D eigenvalue weighted by molar-refractivity contribution is 6.52.